The molecule has 9 heavy (non-hydrogen) atoms. The molecular weight excluding hydrogens is 134 g/mol. The smallest absolute Gasteiger partial charge is 0.138 e. The third-order valence-corrected chi connectivity index (χ3v) is 2.80. The molecule has 0 bridgehead atoms. The molecule has 2 unspecified atom stereocenters. The molecule has 2 heterocycles. The fraction of sp³-hybridized carbons (Fsp3) is 1.00. The molecule has 0 radical (unpaired) electrons. The fourth-order valence-electron chi connectivity index (χ4n) is 1.19. The molecule has 0 saturated carbocycles. The predicted octanol–water partition coefficient (Wildman–Crippen LogP) is 0.737. The van der Waals surface area contributed by atoms with Crippen molar-refractivity contribution in [2.24, 2.45) is 0 Å². The van der Waals surface area contributed by atoms with Crippen molar-refractivity contribution in [3.8, 4) is 0 Å². The molecule has 0 aromatic carbocycles. The van der Waals surface area contributed by atoms with Crippen molar-refractivity contribution >= 4 is 11.8 Å². The Morgan fingerprint density at radius 3 is 2.89 bits per heavy atom. The second kappa shape index (κ2) is 2.15. The minimum atomic E-state index is 0.472. The standard InChI is InChI=1S/C6H11NOS/c1-5-6(8-5)7-2-3-9-4-7/h5-6H,2-4H2,1H3. The first kappa shape index (κ1) is 6.01. The van der Waals surface area contributed by atoms with Gasteiger partial charge in [-0.05, 0) is 6.92 Å². The maximum atomic E-state index is 5.31. The molecular formula is C6H11NOS. The lowest BCUT2D eigenvalue weighted by atomic mass is 10.4. The van der Waals surface area contributed by atoms with E-state index in [9.17, 15) is 0 Å². The lowest BCUT2D eigenvalue weighted by molar-refractivity contribution is 0.220. The highest BCUT2D eigenvalue weighted by Gasteiger charge is 2.40. The van der Waals surface area contributed by atoms with Crippen LogP contribution in [0, 0.1) is 0 Å². The molecule has 3 heteroatoms. The van der Waals surface area contributed by atoms with E-state index in [-0.39, 0.29) is 0 Å². The van der Waals surface area contributed by atoms with Crippen LogP contribution in [0.15, 0.2) is 0 Å². The minimum Gasteiger partial charge on any atom is -0.353 e. The number of rotatable bonds is 1. The molecule has 2 rings (SSSR count). The number of hydrogen-bond donors (Lipinski definition) is 0. The van der Waals surface area contributed by atoms with Gasteiger partial charge in [-0.15, -0.1) is 11.8 Å². The summed E-state index contributed by atoms with van der Waals surface area (Å²) in [6, 6.07) is 0. The summed E-state index contributed by atoms with van der Waals surface area (Å²) in [7, 11) is 0. The average molecular weight is 145 g/mol. The van der Waals surface area contributed by atoms with Crippen molar-refractivity contribution < 1.29 is 4.74 Å². The maximum absolute atomic E-state index is 5.31. The van der Waals surface area contributed by atoms with E-state index in [1.807, 2.05) is 11.8 Å². The average Bonchev–Trinajstić information content (AvgIpc) is 2.44. The molecule has 0 N–H and O–H groups in total. The molecule has 52 valence electrons. The minimum absolute atomic E-state index is 0.472. The van der Waals surface area contributed by atoms with Crippen molar-refractivity contribution in [3.63, 3.8) is 0 Å². The molecule has 0 aromatic rings. The highest BCUT2D eigenvalue weighted by Crippen LogP contribution is 2.29. The van der Waals surface area contributed by atoms with Crippen molar-refractivity contribution in [2.75, 3.05) is 18.2 Å². The molecule has 0 aromatic heterocycles. The first-order valence-corrected chi connectivity index (χ1v) is 4.50. The van der Waals surface area contributed by atoms with E-state index in [1.54, 1.807) is 0 Å². The van der Waals surface area contributed by atoms with Gasteiger partial charge < -0.3 is 4.74 Å². The highest BCUT2D eigenvalue weighted by atomic mass is 32.2. The number of hydrogen-bond acceptors (Lipinski definition) is 3. The second-order valence-corrected chi connectivity index (χ2v) is 3.66. The summed E-state index contributed by atoms with van der Waals surface area (Å²) in [6.07, 6.45) is 0.976. The second-order valence-electron chi connectivity index (χ2n) is 2.58. The van der Waals surface area contributed by atoms with Crippen molar-refractivity contribution in [2.45, 2.75) is 19.3 Å². The molecule has 2 aliphatic rings. The van der Waals surface area contributed by atoms with Gasteiger partial charge in [-0.3, -0.25) is 4.90 Å². The normalized spacial score (nSPS) is 43.7. The number of thioether (sulfide) groups is 1. The van der Waals surface area contributed by atoms with Crippen LogP contribution in [0.2, 0.25) is 0 Å². The van der Waals surface area contributed by atoms with Crippen LogP contribution in [0.5, 0.6) is 0 Å². The highest BCUT2D eigenvalue weighted by molar-refractivity contribution is 7.99. The van der Waals surface area contributed by atoms with Crippen LogP contribution in [0.1, 0.15) is 6.92 Å². The van der Waals surface area contributed by atoms with Crippen LogP contribution >= 0.6 is 11.8 Å². The van der Waals surface area contributed by atoms with Crippen LogP contribution in [-0.2, 0) is 4.74 Å². The fourth-order valence-corrected chi connectivity index (χ4v) is 2.19. The van der Waals surface area contributed by atoms with E-state index in [2.05, 4.69) is 11.8 Å². The Kier molecular flexibility index (Phi) is 1.43. The predicted molar refractivity (Wildman–Crippen MR) is 38.4 cm³/mol. The van der Waals surface area contributed by atoms with Crippen LogP contribution < -0.4 is 0 Å². The first-order valence-electron chi connectivity index (χ1n) is 3.35. The van der Waals surface area contributed by atoms with Gasteiger partial charge in [0.05, 0.1) is 6.10 Å². The summed E-state index contributed by atoms with van der Waals surface area (Å²) in [5.74, 6) is 2.46. The molecule has 2 atom stereocenters. The largest absolute Gasteiger partial charge is 0.353 e. The van der Waals surface area contributed by atoms with Gasteiger partial charge in [0.25, 0.3) is 0 Å². The summed E-state index contributed by atoms with van der Waals surface area (Å²) >= 11 is 2.00. The van der Waals surface area contributed by atoms with E-state index >= 15 is 0 Å². The zero-order valence-electron chi connectivity index (χ0n) is 5.54. The Labute approximate surface area is 59.5 Å². The van der Waals surface area contributed by atoms with Gasteiger partial charge in [-0.1, -0.05) is 0 Å². The Balaban J connectivity index is 1.85. The number of epoxide rings is 1. The van der Waals surface area contributed by atoms with Gasteiger partial charge >= 0.3 is 0 Å². The maximum Gasteiger partial charge on any atom is 0.138 e. The number of nitrogens with zero attached hydrogens (tertiary/aromatic N) is 1. The zero-order valence-corrected chi connectivity index (χ0v) is 6.36. The van der Waals surface area contributed by atoms with Gasteiger partial charge in [0.2, 0.25) is 0 Å². The third kappa shape index (κ3) is 1.09. The van der Waals surface area contributed by atoms with Crippen molar-refractivity contribution in [1.82, 2.24) is 4.90 Å². The van der Waals surface area contributed by atoms with Crippen molar-refractivity contribution in [3.05, 3.63) is 0 Å². The topological polar surface area (TPSA) is 15.8 Å². The Morgan fingerprint density at radius 1 is 1.67 bits per heavy atom. The summed E-state index contributed by atoms with van der Waals surface area (Å²) in [4.78, 5) is 2.40. The summed E-state index contributed by atoms with van der Waals surface area (Å²) in [6.45, 7) is 3.35. The van der Waals surface area contributed by atoms with Gasteiger partial charge in [-0.25, -0.2) is 0 Å². The molecule has 2 nitrogen and oxygen atoms in total. The monoisotopic (exact) mass is 145 g/mol. The van der Waals surface area contributed by atoms with E-state index < -0.39 is 0 Å². The van der Waals surface area contributed by atoms with E-state index in [4.69, 9.17) is 4.74 Å². The quantitative estimate of drug-likeness (QED) is 0.506. The first-order chi connectivity index (χ1) is 4.38. The summed E-state index contributed by atoms with van der Waals surface area (Å²) < 4.78 is 5.31. The Bertz CT molecular complexity index is 114. The molecule has 0 spiro atoms. The van der Waals surface area contributed by atoms with Crippen LogP contribution in [0.4, 0.5) is 0 Å². The van der Waals surface area contributed by atoms with E-state index in [1.165, 1.54) is 18.2 Å². The van der Waals surface area contributed by atoms with E-state index in [0.717, 1.165) is 0 Å². The number of ether oxygens (including phenoxy) is 1. The SMILES string of the molecule is CC1OC1N1CCSC1. The Morgan fingerprint density at radius 2 is 2.44 bits per heavy atom. The van der Waals surface area contributed by atoms with E-state index in [0.29, 0.717) is 12.3 Å². The van der Waals surface area contributed by atoms with Gasteiger partial charge in [0.1, 0.15) is 6.23 Å². The van der Waals surface area contributed by atoms with Gasteiger partial charge in [0.15, 0.2) is 0 Å². The molecule has 2 fully saturated rings. The molecule has 2 aliphatic heterocycles. The molecule has 0 amide bonds. The lowest BCUT2D eigenvalue weighted by Crippen LogP contribution is -2.24. The van der Waals surface area contributed by atoms with Gasteiger partial charge in [0, 0.05) is 18.2 Å². The summed E-state index contributed by atoms with van der Waals surface area (Å²) in [5.41, 5.74) is 0. The van der Waals surface area contributed by atoms with Crippen LogP contribution in [0.25, 0.3) is 0 Å². The van der Waals surface area contributed by atoms with Crippen molar-refractivity contribution in [1.29, 1.82) is 0 Å². The van der Waals surface area contributed by atoms with Crippen LogP contribution in [0.3, 0.4) is 0 Å². The summed E-state index contributed by atoms with van der Waals surface area (Å²) in [5, 5.41) is 0. The molecule has 0 aliphatic carbocycles. The van der Waals surface area contributed by atoms with Gasteiger partial charge in [-0.2, -0.15) is 0 Å². The lowest BCUT2D eigenvalue weighted by Gasteiger charge is -2.07. The zero-order chi connectivity index (χ0) is 6.27. The van der Waals surface area contributed by atoms with Crippen LogP contribution in [-0.4, -0.2) is 35.4 Å². The Hall–Kier alpha value is 0.270. The molecule has 2 saturated heterocycles. The third-order valence-electron chi connectivity index (χ3n) is 1.82.